The van der Waals surface area contributed by atoms with Crippen molar-refractivity contribution in [1.29, 1.82) is 0 Å². The Hall–Kier alpha value is -4.73. The largest absolute Gasteiger partial charge is 0.494 e. The summed E-state index contributed by atoms with van der Waals surface area (Å²) in [5, 5.41) is 13.4. The van der Waals surface area contributed by atoms with E-state index in [0.717, 1.165) is 89.7 Å². The van der Waals surface area contributed by atoms with Gasteiger partial charge in [0.05, 0.1) is 34.2 Å². The SMILES string of the molecule is Cc1cc(OCCC/C(=C\c2cc(N(C)C)cc3cc(C=O)n(C)c23)c2ccc(Cl)c(-c3c(C)nn(C)c3C)c2NCCNC=O)cc(C)c1Cl. The molecule has 0 aliphatic carbocycles. The molecule has 3 aromatic carbocycles. The van der Waals surface area contributed by atoms with E-state index < -0.39 is 0 Å². The van der Waals surface area contributed by atoms with Gasteiger partial charge in [-0.3, -0.25) is 14.3 Å². The van der Waals surface area contributed by atoms with Crippen molar-refractivity contribution in [3.05, 3.63) is 91.8 Å². The van der Waals surface area contributed by atoms with Crippen LogP contribution in [0.5, 0.6) is 5.75 Å². The van der Waals surface area contributed by atoms with Crippen molar-refractivity contribution in [2.24, 2.45) is 14.1 Å². The molecule has 0 spiro atoms. The molecule has 0 bridgehead atoms. The fourth-order valence-electron chi connectivity index (χ4n) is 6.67. The molecule has 0 fully saturated rings. The molecule has 0 saturated heterocycles. The van der Waals surface area contributed by atoms with Crippen molar-refractivity contribution < 1.29 is 14.3 Å². The topological polar surface area (TPSA) is 93.4 Å². The first kappa shape index (κ1) is 37.5. The number of fused-ring (bicyclic) bond motifs is 1. The molecule has 0 aliphatic rings. The lowest BCUT2D eigenvalue weighted by molar-refractivity contribution is -0.109. The summed E-state index contributed by atoms with van der Waals surface area (Å²) < 4.78 is 10.1. The molecule has 11 heteroatoms. The first-order chi connectivity index (χ1) is 24.4. The Balaban J connectivity index is 1.70. The lowest BCUT2D eigenvalue weighted by Gasteiger charge is -2.22. The van der Waals surface area contributed by atoms with E-state index in [9.17, 15) is 9.59 Å². The van der Waals surface area contributed by atoms with Crippen molar-refractivity contribution in [3.8, 4) is 16.9 Å². The second kappa shape index (κ2) is 16.1. The molecule has 0 saturated carbocycles. The molecule has 0 unspecified atom stereocenters. The number of benzene rings is 3. The van der Waals surface area contributed by atoms with Crippen LogP contribution in [0.3, 0.4) is 0 Å². The predicted octanol–water partition coefficient (Wildman–Crippen LogP) is 8.56. The lowest BCUT2D eigenvalue weighted by Crippen LogP contribution is -2.21. The maximum Gasteiger partial charge on any atom is 0.207 e. The molecule has 9 nitrogen and oxygen atoms in total. The monoisotopic (exact) mass is 728 g/mol. The quantitative estimate of drug-likeness (QED) is 0.0638. The highest BCUT2D eigenvalue weighted by molar-refractivity contribution is 6.34. The predicted molar refractivity (Wildman–Crippen MR) is 212 cm³/mol. The zero-order valence-electron chi connectivity index (χ0n) is 30.6. The maximum atomic E-state index is 12.1. The molecule has 2 heterocycles. The summed E-state index contributed by atoms with van der Waals surface area (Å²) in [6, 6.07) is 14.1. The van der Waals surface area contributed by atoms with Gasteiger partial charge in [0.1, 0.15) is 5.75 Å². The molecule has 0 radical (unpaired) electrons. The summed E-state index contributed by atoms with van der Waals surface area (Å²) in [6.07, 6.45) is 5.18. The van der Waals surface area contributed by atoms with Crippen LogP contribution in [0.25, 0.3) is 33.7 Å². The Morgan fingerprint density at radius 1 is 0.961 bits per heavy atom. The number of carbonyl (C=O) groups is 2. The Labute approximate surface area is 310 Å². The fraction of sp³-hybridized carbons (Fsp3) is 0.325. The van der Waals surface area contributed by atoms with Crippen molar-refractivity contribution >= 4 is 69.8 Å². The maximum absolute atomic E-state index is 12.1. The van der Waals surface area contributed by atoms with Crippen LogP contribution in [-0.2, 0) is 18.9 Å². The number of nitrogens with one attached hydrogen (secondary N) is 2. The van der Waals surface area contributed by atoms with Crippen LogP contribution in [-0.4, -0.2) is 60.8 Å². The molecule has 51 heavy (non-hydrogen) atoms. The third-order valence-corrected chi connectivity index (χ3v) is 10.2. The Bertz CT molecular complexity index is 2110. The van der Waals surface area contributed by atoms with Crippen molar-refractivity contribution in [2.75, 3.05) is 44.0 Å². The summed E-state index contributed by atoms with van der Waals surface area (Å²) in [4.78, 5) is 25.3. The van der Waals surface area contributed by atoms with Crippen molar-refractivity contribution in [3.63, 3.8) is 0 Å². The summed E-state index contributed by atoms with van der Waals surface area (Å²) in [5.41, 5.74) is 12.0. The number of hydrogen-bond donors (Lipinski definition) is 2. The van der Waals surface area contributed by atoms with E-state index in [1.807, 2.05) is 89.4 Å². The lowest BCUT2D eigenvalue weighted by atomic mass is 9.91. The van der Waals surface area contributed by atoms with E-state index in [4.69, 9.17) is 33.0 Å². The first-order valence-electron chi connectivity index (χ1n) is 17.0. The number of anilines is 2. The zero-order chi connectivity index (χ0) is 37.0. The molecule has 0 atom stereocenters. The number of ether oxygens (including phenoxy) is 1. The molecular formula is C40H46Cl2N6O3. The third-order valence-electron chi connectivity index (χ3n) is 9.33. The van der Waals surface area contributed by atoms with E-state index in [1.54, 1.807) is 0 Å². The smallest absolute Gasteiger partial charge is 0.207 e. The van der Waals surface area contributed by atoms with Gasteiger partial charge in [-0.25, -0.2) is 0 Å². The minimum Gasteiger partial charge on any atom is -0.494 e. The number of aryl methyl sites for hydroxylation is 5. The Kier molecular flexibility index (Phi) is 11.8. The van der Waals surface area contributed by atoms with Crippen LogP contribution in [0.1, 0.15) is 57.0 Å². The van der Waals surface area contributed by atoms with E-state index >= 15 is 0 Å². The second-order valence-corrected chi connectivity index (χ2v) is 13.9. The second-order valence-electron chi connectivity index (χ2n) is 13.1. The van der Waals surface area contributed by atoms with E-state index in [2.05, 4.69) is 39.8 Å². The highest BCUT2D eigenvalue weighted by atomic mass is 35.5. The summed E-state index contributed by atoms with van der Waals surface area (Å²) >= 11 is 13.5. The number of hydrogen-bond acceptors (Lipinski definition) is 6. The van der Waals surface area contributed by atoms with Gasteiger partial charge >= 0.3 is 0 Å². The number of halogens is 2. The number of aldehydes is 1. The van der Waals surface area contributed by atoms with Crippen molar-refractivity contribution in [1.82, 2.24) is 19.7 Å². The average Bonchev–Trinajstić information content (AvgIpc) is 3.55. The highest BCUT2D eigenvalue weighted by Crippen LogP contribution is 2.44. The summed E-state index contributed by atoms with van der Waals surface area (Å²) in [5.74, 6) is 0.784. The molecule has 5 rings (SSSR count). The van der Waals surface area contributed by atoms with Gasteiger partial charge in [-0.1, -0.05) is 29.3 Å². The van der Waals surface area contributed by atoms with E-state index in [0.29, 0.717) is 49.7 Å². The number of carbonyl (C=O) groups excluding carboxylic acids is 2. The summed E-state index contributed by atoms with van der Waals surface area (Å²) in [6.45, 7) is 9.37. The van der Waals surface area contributed by atoms with Crippen LogP contribution in [0.2, 0.25) is 10.0 Å². The molecular weight excluding hydrogens is 683 g/mol. The average molecular weight is 730 g/mol. The normalized spacial score (nSPS) is 11.6. The van der Waals surface area contributed by atoms with Gasteiger partial charge < -0.3 is 24.8 Å². The Morgan fingerprint density at radius 2 is 1.69 bits per heavy atom. The number of rotatable bonds is 15. The zero-order valence-corrected chi connectivity index (χ0v) is 32.1. The Morgan fingerprint density at radius 3 is 2.31 bits per heavy atom. The van der Waals surface area contributed by atoms with E-state index in [-0.39, 0.29) is 0 Å². The molecule has 0 aliphatic heterocycles. The summed E-state index contributed by atoms with van der Waals surface area (Å²) in [7, 11) is 7.87. The number of allylic oxidation sites excluding steroid dienone is 1. The first-order valence-corrected chi connectivity index (χ1v) is 17.7. The fourth-order valence-corrected chi connectivity index (χ4v) is 7.03. The molecule has 2 aromatic heterocycles. The van der Waals surface area contributed by atoms with Crippen molar-refractivity contribution in [2.45, 2.75) is 40.5 Å². The van der Waals surface area contributed by atoms with Gasteiger partial charge in [0.25, 0.3) is 0 Å². The van der Waals surface area contributed by atoms with Crippen LogP contribution >= 0.6 is 23.2 Å². The van der Waals surface area contributed by atoms with E-state index in [1.165, 1.54) is 0 Å². The molecule has 5 aromatic rings. The third kappa shape index (κ3) is 7.95. The van der Waals surface area contributed by atoms with Crippen LogP contribution in [0.4, 0.5) is 11.4 Å². The minimum absolute atomic E-state index is 0.427. The van der Waals surface area contributed by atoms with Gasteiger partial charge in [-0.15, -0.1) is 0 Å². The minimum atomic E-state index is 0.427. The van der Waals surface area contributed by atoms with Crippen LogP contribution < -0.4 is 20.3 Å². The molecule has 1 amide bonds. The van der Waals surface area contributed by atoms with Gasteiger partial charge in [0.15, 0.2) is 6.29 Å². The van der Waals surface area contributed by atoms with Gasteiger partial charge in [-0.05, 0) is 99.7 Å². The number of amides is 1. The standard InChI is InChI=1S/C40H46Cl2N6O3/c1-24-16-33(17-25(2)38(24)42)51-15-9-10-28(18-29-19-31(46(5)6)20-30-21-32(22-49)47(7)40(29)30)34-11-12-35(41)37(39(34)44-14-13-43-23-50)36-26(3)45-48(8)27(36)4/h11-12,16-23,44H,9-10,13-15H2,1-8H3,(H,43,50)/b28-18+. The highest BCUT2D eigenvalue weighted by Gasteiger charge is 2.23. The van der Waals surface area contributed by atoms with Gasteiger partial charge in [0.2, 0.25) is 6.41 Å². The van der Waals surface area contributed by atoms with Gasteiger partial charge in [0, 0.05) is 85.3 Å². The molecule has 268 valence electrons. The number of aromatic nitrogens is 3. The van der Waals surface area contributed by atoms with Crippen LogP contribution in [0.15, 0.2) is 42.5 Å². The van der Waals surface area contributed by atoms with Gasteiger partial charge in [-0.2, -0.15) is 5.10 Å². The number of nitrogens with zero attached hydrogens (tertiary/aromatic N) is 4. The van der Waals surface area contributed by atoms with Crippen LogP contribution in [0, 0.1) is 27.7 Å². The molecule has 2 N–H and O–H groups in total.